The molecule has 0 bridgehead atoms. The molecule has 0 aromatic carbocycles. The minimum atomic E-state index is -0.811. The van der Waals surface area contributed by atoms with Gasteiger partial charge in [0.05, 0.1) is 11.3 Å². The summed E-state index contributed by atoms with van der Waals surface area (Å²) in [7, 11) is 0. The zero-order valence-corrected chi connectivity index (χ0v) is 8.61. The Morgan fingerprint density at radius 3 is 2.33 bits per heavy atom. The first-order valence-corrected chi connectivity index (χ1v) is 5.31. The van der Waals surface area contributed by atoms with Crippen molar-refractivity contribution in [2.45, 2.75) is 19.3 Å². The molecule has 1 heterocycles. The molecule has 0 aromatic rings. The molecule has 0 unspecified atom stereocenters. The van der Waals surface area contributed by atoms with E-state index in [2.05, 4.69) is 0 Å². The molecule has 2 rings (SSSR count). The van der Waals surface area contributed by atoms with Crippen LogP contribution in [0.25, 0.3) is 0 Å². The Morgan fingerprint density at radius 2 is 2.00 bits per heavy atom. The Balaban J connectivity index is 1.91. The van der Waals surface area contributed by atoms with Crippen molar-refractivity contribution in [1.29, 1.82) is 0 Å². The zero-order chi connectivity index (χ0) is 11.1. The minimum absolute atomic E-state index is 0.0637. The molecule has 1 saturated carbocycles. The third-order valence-electron chi connectivity index (χ3n) is 3.67. The fourth-order valence-electron chi connectivity index (χ4n) is 2.24. The van der Waals surface area contributed by atoms with Crippen molar-refractivity contribution in [3.63, 3.8) is 0 Å². The van der Waals surface area contributed by atoms with Crippen molar-refractivity contribution in [2.24, 2.45) is 17.1 Å². The lowest BCUT2D eigenvalue weighted by molar-refractivity contribution is -0.160. The van der Waals surface area contributed by atoms with E-state index < -0.39 is 5.97 Å². The van der Waals surface area contributed by atoms with E-state index in [1.807, 2.05) is 0 Å². The second kappa shape index (κ2) is 3.48. The van der Waals surface area contributed by atoms with Crippen LogP contribution in [0.1, 0.15) is 19.3 Å². The van der Waals surface area contributed by atoms with E-state index in [1.165, 1.54) is 0 Å². The summed E-state index contributed by atoms with van der Waals surface area (Å²) < 4.78 is 0. The number of rotatable bonds is 3. The van der Waals surface area contributed by atoms with Crippen LogP contribution in [0.3, 0.4) is 0 Å². The first-order valence-electron chi connectivity index (χ1n) is 5.31. The van der Waals surface area contributed by atoms with Crippen LogP contribution in [0, 0.1) is 11.3 Å². The Morgan fingerprint density at radius 1 is 1.40 bits per heavy atom. The van der Waals surface area contributed by atoms with Gasteiger partial charge in [-0.1, -0.05) is 6.42 Å². The predicted octanol–water partition coefficient (Wildman–Crippen LogP) is -0.342. The standard InChI is InChI=1S/C10H16N2O3/c11-6-10(2-1-3-10)9(15)12-4-7(5-12)8(13)14/h7H,1-6,11H2,(H,13,14). The van der Waals surface area contributed by atoms with E-state index in [1.54, 1.807) is 4.90 Å². The summed E-state index contributed by atoms with van der Waals surface area (Å²) in [5, 5.41) is 8.70. The molecule has 1 aliphatic heterocycles. The average Bonchev–Trinajstić information content (AvgIpc) is 1.99. The number of hydrogen-bond donors (Lipinski definition) is 2. The van der Waals surface area contributed by atoms with Gasteiger partial charge in [0.15, 0.2) is 0 Å². The Hall–Kier alpha value is -1.10. The molecule has 3 N–H and O–H groups in total. The molecule has 0 radical (unpaired) electrons. The van der Waals surface area contributed by atoms with Crippen molar-refractivity contribution >= 4 is 11.9 Å². The number of aliphatic carboxylic acids is 1. The average molecular weight is 212 g/mol. The van der Waals surface area contributed by atoms with Crippen LogP contribution in [-0.2, 0) is 9.59 Å². The quantitative estimate of drug-likeness (QED) is 0.670. The Kier molecular flexibility index (Phi) is 2.42. The van der Waals surface area contributed by atoms with Gasteiger partial charge in [-0.25, -0.2) is 0 Å². The molecular weight excluding hydrogens is 196 g/mol. The van der Waals surface area contributed by atoms with E-state index in [0.717, 1.165) is 19.3 Å². The smallest absolute Gasteiger partial charge is 0.310 e. The van der Waals surface area contributed by atoms with Gasteiger partial charge in [0, 0.05) is 19.6 Å². The lowest BCUT2D eigenvalue weighted by atomic mass is 9.67. The number of nitrogens with zero attached hydrogens (tertiary/aromatic N) is 1. The number of carboxylic acids is 1. The van der Waals surface area contributed by atoms with Crippen LogP contribution in [0.4, 0.5) is 0 Å². The van der Waals surface area contributed by atoms with Gasteiger partial charge in [0.1, 0.15) is 0 Å². The van der Waals surface area contributed by atoms with Gasteiger partial charge in [-0.2, -0.15) is 0 Å². The first-order chi connectivity index (χ1) is 7.09. The molecule has 1 amide bonds. The highest BCUT2D eigenvalue weighted by Gasteiger charge is 2.48. The summed E-state index contributed by atoms with van der Waals surface area (Å²) in [4.78, 5) is 24.2. The maximum Gasteiger partial charge on any atom is 0.310 e. The molecule has 2 fully saturated rings. The fraction of sp³-hybridized carbons (Fsp3) is 0.800. The topological polar surface area (TPSA) is 83.6 Å². The van der Waals surface area contributed by atoms with Crippen LogP contribution in [0.5, 0.6) is 0 Å². The van der Waals surface area contributed by atoms with E-state index in [9.17, 15) is 9.59 Å². The molecule has 1 aliphatic carbocycles. The van der Waals surface area contributed by atoms with Crippen molar-refractivity contribution < 1.29 is 14.7 Å². The van der Waals surface area contributed by atoms with E-state index in [0.29, 0.717) is 19.6 Å². The summed E-state index contributed by atoms with van der Waals surface area (Å²) >= 11 is 0. The number of likely N-dealkylation sites (tertiary alicyclic amines) is 1. The van der Waals surface area contributed by atoms with Crippen LogP contribution in [0.2, 0.25) is 0 Å². The lowest BCUT2D eigenvalue weighted by Crippen LogP contribution is -2.60. The van der Waals surface area contributed by atoms with Gasteiger partial charge in [0.2, 0.25) is 5.91 Å². The molecule has 2 aliphatic rings. The predicted molar refractivity (Wildman–Crippen MR) is 53.0 cm³/mol. The van der Waals surface area contributed by atoms with Crippen LogP contribution >= 0.6 is 0 Å². The maximum absolute atomic E-state index is 12.0. The van der Waals surface area contributed by atoms with Crippen molar-refractivity contribution in [2.75, 3.05) is 19.6 Å². The van der Waals surface area contributed by atoms with Crippen LogP contribution in [-0.4, -0.2) is 41.5 Å². The molecule has 5 heteroatoms. The minimum Gasteiger partial charge on any atom is -0.481 e. The molecule has 15 heavy (non-hydrogen) atoms. The highest BCUT2D eigenvalue weighted by atomic mass is 16.4. The summed E-state index contributed by atoms with van der Waals surface area (Å²) in [6.45, 7) is 1.10. The Bertz CT molecular complexity index is 288. The molecule has 1 saturated heterocycles. The molecule has 0 atom stereocenters. The zero-order valence-electron chi connectivity index (χ0n) is 8.61. The fourth-order valence-corrected chi connectivity index (χ4v) is 2.24. The van der Waals surface area contributed by atoms with Gasteiger partial charge in [-0.15, -0.1) is 0 Å². The maximum atomic E-state index is 12.0. The van der Waals surface area contributed by atoms with Crippen molar-refractivity contribution in [3.8, 4) is 0 Å². The normalized spacial score (nSPS) is 24.2. The highest BCUT2D eigenvalue weighted by molar-refractivity contribution is 5.86. The van der Waals surface area contributed by atoms with Crippen LogP contribution in [0.15, 0.2) is 0 Å². The highest BCUT2D eigenvalue weighted by Crippen LogP contribution is 2.42. The molecule has 0 spiro atoms. The molecule has 84 valence electrons. The number of amides is 1. The molecule has 0 aromatic heterocycles. The van der Waals surface area contributed by atoms with Gasteiger partial charge in [0.25, 0.3) is 0 Å². The molecule has 5 nitrogen and oxygen atoms in total. The molecular formula is C10H16N2O3. The summed E-state index contributed by atoms with van der Waals surface area (Å²) in [6.07, 6.45) is 2.77. The van der Waals surface area contributed by atoms with Crippen molar-refractivity contribution in [1.82, 2.24) is 4.90 Å². The van der Waals surface area contributed by atoms with E-state index in [4.69, 9.17) is 10.8 Å². The number of nitrogens with two attached hydrogens (primary N) is 1. The summed E-state index contributed by atoms with van der Waals surface area (Å²) in [5.74, 6) is -1.12. The van der Waals surface area contributed by atoms with Gasteiger partial charge in [-0.05, 0) is 12.8 Å². The SMILES string of the molecule is NCC1(C(=O)N2CC(C(=O)O)C2)CCC1. The largest absolute Gasteiger partial charge is 0.481 e. The second-order valence-electron chi connectivity index (χ2n) is 4.58. The van der Waals surface area contributed by atoms with Gasteiger partial charge >= 0.3 is 5.97 Å². The van der Waals surface area contributed by atoms with Gasteiger partial charge in [-0.3, -0.25) is 9.59 Å². The number of carboxylic acid groups (broad SMARTS) is 1. The Labute approximate surface area is 88.2 Å². The summed E-state index contributed by atoms with van der Waals surface area (Å²) in [6, 6.07) is 0. The lowest BCUT2D eigenvalue weighted by Gasteiger charge is -2.47. The van der Waals surface area contributed by atoms with Crippen LogP contribution < -0.4 is 5.73 Å². The number of carbonyl (C=O) groups is 2. The number of carbonyl (C=O) groups excluding carboxylic acids is 1. The van der Waals surface area contributed by atoms with E-state index in [-0.39, 0.29) is 17.2 Å². The third-order valence-corrected chi connectivity index (χ3v) is 3.67. The monoisotopic (exact) mass is 212 g/mol. The van der Waals surface area contributed by atoms with E-state index >= 15 is 0 Å². The first kappa shape index (κ1) is 10.4. The van der Waals surface area contributed by atoms with Crippen molar-refractivity contribution in [3.05, 3.63) is 0 Å². The second-order valence-corrected chi connectivity index (χ2v) is 4.58. The van der Waals surface area contributed by atoms with Gasteiger partial charge < -0.3 is 15.7 Å². The third kappa shape index (κ3) is 1.51. The number of hydrogen-bond acceptors (Lipinski definition) is 3. The summed E-state index contributed by atoms with van der Waals surface area (Å²) in [5.41, 5.74) is 5.26.